The van der Waals surface area contributed by atoms with Gasteiger partial charge in [-0.3, -0.25) is 14.7 Å². The summed E-state index contributed by atoms with van der Waals surface area (Å²) in [7, 11) is 1.51. The Balaban J connectivity index is 1.52. The minimum absolute atomic E-state index is 0.111. The first-order chi connectivity index (χ1) is 13.1. The van der Waals surface area contributed by atoms with Gasteiger partial charge in [-0.05, 0) is 49.4 Å². The van der Waals surface area contributed by atoms with Crippen molar-refractivity contribution in [1.82, 2.24) is 20.2 Å². The molecule has 0 aromatic carbocycles. The Morgan fingerprint density at radius 1 is 1.26 bits per heavy atom. The number of aromatic nitrogens is 2. The quantitative estimate of drug-likeness (QED) is 0.805. The summed E-state index contributed by atoms with van der Waals surface area (Å²) in [6, 6.07) is 7.85. The lowest BCUT2D eigenvalue weighted by atomic mass is 9.93. The molecular formula is C19H25N5O3. The van der Waals surface area contributed by atoms with E-state index < -0.39 is 6.09 Å². The number of piperidine rings is 1. The minimum Gasteiger partial charge on any atom is -0.465 e. The van der Waals surface area contributed by atoms with Gasteiger partial charge in [0.25, 0.3) is 0 Å². The maximum absolute atomic E-state index is 11.4. The molecule has 1 aliphatic heterocycles. The van der Waals surface area contributed by atoms with E-state index >= 15 is 0 Å². The summed E-state index contributed by atoms with van der Waals surface area (Å²) in [5.74, 6) is 1.12. The molecule has 2 amide bonds. The first-order valence-corrected chi connectivity index (χ1v) is 9.22. The number of nitrogens with zero attached hydrogens (tertiary/aromatic N) is 4. The molecule has 0 aliphatic carbocycles. The fraction of sp³-hybridized carbons (Fsp3) is 0.474. The van der Waals surface area contributed by atoms with Crippen molar-refractivity contribution in [3.63, 3.8) is 0 Å². The molecular weight excluding hydrogens is 346 g/mol. The molecule has 0 atom stereocenters. The van der Waals surface area contributed by atoms with E-state index in [0.29, 0.717) is 12.5 Å². The van der Waals surface area contributed by atoms with Crippen molar-refractivity contribution in [3.8, 4) is 0 Å². The first kappa shape index (κ1) is 18.9. The van der Waals surface area contributed by atoms with Crippen LogP contribution in [0.15, 0.2) is 30.5 Å². The van der Waals surface area contributed by atoms with Crippen molar-refractivity contribution in [2.45, 2.75) is 19.3 Å². The monoisotopic (exact) mass is 371 g/mol. The van der Waals surface area contributed by atoms with Crippen LogP contribution in [0.25, 0.3) is 11.0 Å². The highest BCUT2D eigenvalue weighted by atomic mass is 16.4. The molecule has 1 fully saturated rings. The molecule has 2 aromatic heterocycles. The number of fused-ring (bicyclic) bond motifs is 1. The van der Waals surface area contributed by atoms with E-state index in [0.717, 1.165) is 49.2 Å². The third kappa shape index (κ3) is 4.84. The highest BCUT2D eigenvalue weighted by Gasteiger charge is 2.23. The van der Waals surface area contributed by atoms with Gasteiger partial charge in [0.2, 0.25) is 5.91 Å². The maximum atomic E-state index is 11.4. The lowest BCUT2D eigenvalue weighted by Gasteiger charge is -2.33. The van der Waals surface area contributed by atoms with Crippen LogP contribution in [0.1, 0.15) is 19.3 Å². The number of likely N-dealkylation sites (N-methyl/N-ethyl adjacent to an activating group) is 1. The molecule has 2 N–H and O–H groups in total. The van der Waals surface area contributed by atoms with Gasteiger partial charge in [-0.15, -0.1) is 0 Å². The summed E-state index contributed by atoms with van der Waals surface area (Å²) >= 11 is 0. The van der Waals surface area contributed by atoms with Gasteiger partial charge < -0.3 is 15.3 Å². The van der Waals surface area contributed by atoms with Crippen molar-refractivity contribution < 1.29 is 14.7 Å². The molecule has 0 radical (unpaired) electrons. The minimum atomic E-state index is -1.05. The zero-order chi connectivity index (χ0) is 19.2. The number of carbonyl (C=O) groups is 2. The van der Waals surface area contributed by atoms with Gasteiger partial charge in [0.15, 0.2) is 0 Å². The Hall–Kier alpha value is -2.90. The van der Waals surface area contributed by atoms with Gasteiger partial charge in [0.1, 0.15) is 12.4 Å². The Labute approximate surface area is 158 Å². The average molecular weight is 371 g/mol. The van der Waals surface area contributed by atoms with Gasteiger partial charge in [-0.2, -0.15) is 0 Å². The predicted molar refractivity (Wildman–Crippen MR) is 103 cm³/mol. The molecule has 0 unspecified atom stereocenters. The van der Waals surface area contributed by atoms with Crippen LogP contribution in [-0.4, -0.2) is 65.2 Å². The van der Waals surface area contributed by atoms with Crippen molar-refractivity contribution in [2.24, 2.45) is 5.92 Å². The Bertz CT molecular complexity index is 805. The maximum Gasteiger partial charge on any atom is 0.407 e. The normalized spacial score (nSPS) is 14.9. The van der Waals surface area contributed by atoms with Gasteiger partial charge in [-0.1, -0.05) is 0 Å². The van der Waals surface area contributed by atoms with Crippen LogP contribution >= 0.6 is 0 Å². The van der Waals surface area contributed by atoms with E-state index in [-0.39, 0.29) is 12.5 Å². The zero-order valence-electron chi connectivity index (χ0n) is 15.5. The summed E-state index contributed by atoms with van der Waals surface area (Å²) in [4.78, 5) is 35.2. The second-order valence-electron chi connectivity index (χ2n) is 6.81. The highest BCUT2D eigenvalue weighted by molar-refractivity contribution is 5.81. The molecule has 0 saturated carbocycles. The molecule has 1 aliphatic rings. The molecule has 8 nitrogen and oxygen atoms in total. The Morgan fingerprint density at radius 3 is 2.74 bits per heavy atom. The van der Waals surface area contributed by atoms with Crippen LogP contribution in [0.4, 0.5) is 10.6 Å². The summed E-state index contributed by atoms with van der Waals surface area (Å²) < 4.78 is 0. The van der Waals surface area contributed by atoms with Crippen molar-refractivity contribution >= 4 is 28.9 Å². The third-order valence-corrected chi connectivity index (χ3v) is 5.07. The van der Waals surface area contributed by atoms with Crippen LogP contribution in [-0.2, 0) is 4.79 Å². The van der Waals surface area contributed by atoms with E-state index in [2.05, 4.69) is 15.2 Å². The molecule has 2 aromatic rings. The molecule has 27 heavy (non-hydrogen) atoms. The van der Waals surface area contributed by atoms with Gasteiger partial charge in [0, 0.05) is 32.9 Å². The van der Waals surface area contributed by atoms with Gasteiger partial charge in [-0.25, -0.2) is 9.78 Å². The number of anilines is 1. The summed E-state index contributed by atoms with van der Waals surface area (Å²) in [5, 5.41) is 11.7. The fourth-order valence-electron chi connectivity index (χ4n) is 3.41. The van der Waals surface area contributed by atoms with Gasteiger partial charge in [0.05, 0.1) is 11.0 Å². The number of hydrogen-bond donors (Lipinski definition) is 2. The van der Waals surface area contributed by atoms with Gasteiger partial charge >= 0.3 is 6.09 Å². The fourth-order valence-corrected chi connectivity index (χ4v) is 3.41. The van der Waals surface area contributed by atoms with E-state index in [9.17, 15) is 14.7 Å². The van der Waals surface area contributed by atoms with E-state index in [1.54, 1.807) is 6.20 Å². The molecule has 0 bridgehead atoms. The molecule has 8 heteroatoms. The SMILES string of the molecule is CNC(=O)CN(CCC1CCN(c2ccc3ncccc3n2)CC1)C(=O)O. The number of carboxylic acid groups (broad SMARTS) is 1. The van der Waals surface area contributed by atoms with E-state index in [1.807, 2.05) is 24.3 Å². The summed E-state index contributed by atoms with van der Waals surface area (Å²) in [5.41, 5.74) is 1.78. The highest BCUT2D eigenvalue weighted by Crippen LogP contribution is 2.25. The van der Waals surface area contributed by atoms with Crippen molar-refractivity contribution in [1.29, 1.82) is 0 Å². The number of nitrogens with one attached hydrogen (secondary N) is 1. The van der Waals surface area contributed by atoms with Crippen LogP contribution in [0.3, 0.4) is 0 Å². The van der Waals surface area contributed by atoms with E-state index in [1.165, 1.54) is 11.9 Å². The molecule has 1 saturated heterocycles. The molecule has 3 heterocycles. The van der Waals surface area contributed by atoms with E-state index in [4.69, 9.17) is 4.98 Å². The number of hydrogen-bond acceptors (Lipinski definition) is 5. The molecule has 0 spiro atoms. The number of pyridine rings is 2. The Morgan fingerprint density at radius 2 is 2.04 bits per heavy atom. The average Bonchev–Trinajstić information content (AvgIpc) is 2.70. The lowest BCUT2D eigenvalue weighted by Crippen LogP contribution is -2.41. The Kier molecular flexibility index (Phi) is 6.05. The number of carbonyl (C=O) groups excluding carboxylic acids is 1. The predicted octanol–water partition coefficient (Wildman–Crippen LogP) is 1.96. The second kappa shape index (κ2) is 8.66. The number of rotatable bonds is 6. The second-order valence-corrected chi connectivity index (χ2v) is 6.81. The summed E-state index contributed by atoms with van der Waals surface area (Å²) in [6.45, 7) is 2.06. The zero-order valence-corrected chi connectivity index (χ0v) is 15.5. The largest absolute Gasteiger partial charge is 0.465 e. The third-order valence-electron chi connectivity index (χ3n) is 5.07. The van der Waals surface area contributed by atoms with Crippen LogP contribution in [0.5, 0.6) is 0 Å². The number of amides is 2. The van der Waals surface area contributed by atoms with Crippen molar-refractivity contribution in [2.75, 3.05) is 38.1 Å². The first-order valence-electron chi connectivity index (χ1n) is 9.22. The van der Waals surface area contributed by atoms with Crippen LogP contribution < -0.4 is 10.2 Å². The van der Waals surface area contributed by atoms with Crippen LogP contribution in [0, 0.1) is 5.92 Å². The smallest absolute Gasteiger partial charge is 0.407 e. The van der Waals surface area contributed by atoms with Crippen molar-refractivity contribution in [3.05, 3.63) is 30.5 Å². The standard InChI is InChI=1S/C19H25N5O3/c1-20-18(25)13-24(19(26)27)12-8-14-6-10-23(11-7-14)17-5-4-15-16(22-17)3-2-9-21-15/h2-5,9,14H,6-8,10-13H2,1H3,(H,20,25)(H,26,27). The molecule has 3 rings (SSSR count). The topological polar surface area (TPSA) is 98.7 Å². The van der Waals surface area contributed by atoms with Crippen LogP contribution in [0.2, 0.25) is 0 Å². The lowest BCUT2D eigenvalue weighted by molar-refractivity contribution is -0.121. The summed E-state index contributed by atoms with van der Waals surface area (Å²) in [6.07, 6.45) is 3.46. The molecule has 144 valence electrons.